The zero-order chi connectivity index (χ0) is 9.68. The van der Waals surface area contributed by atoms with Crippen LogP contribution in [0.5, 0.6) is 0 Å². The van der Waals surface area contributed by atoms with Crippen LogP contribution in [-0.2, 0) is 0 Å². The summed E-state index contributed by atoms with van der Waals surface area (Å²) in [5.74, 6) is 0. The molecule has 0 aliphatic carbocycles. The van der Waals surface area contributed by atoms with Gasteiger partial charge in [0.25, 0.3) is 0 Å². The Balaban J connectivity index is 2.34. The molecule has 76 valence electrons. The first-order chi connectivity index (χ1) is 6.25. The molecule has 1 saturated heterocycles. The number of amides is 2. The normalized spacial score (nSPS) is 19.8. The van der Waals surface area contributed by atoms with E-state index in [4.69, 9.17) is 5.11 Å². The Morgan fingerprint density at radius 3 is 3.08 bits per heavy atom. The second kappa shape index (κ2) is 5.07. The number of carbonyl (C=O) groups is 1. The maximum Gasteiger partial charge on any atom is 0.317 e. The van der Waals surface area contributed by atoms with Gasteiger partial charge in [-0.15, -0.1) is 0 Å². The number of nitrogens with zero attached hydrogens (tertiary/aromatic N) is 1. The first-order valence-electron chi connectivity index (χ1n) is 4.91. The molecule has 0 aromatic rings. The van der Waals surface area contributed by atoms with Gasteiger partial charge in [-0.05, 0) is 26.2 Å². The van der Waals surface area contributed by atoms with Gasteiger partial charge >= 0.3 is 6.03 Å². The van der Waals surface area contributed by atoms with Crippen LogP contribution in [0.15, 0.2) is 0 Å². The molecule has 1 fully saturated rings. The van der Waals surface area contributed by atoms with Crippen molar-refractivity contribution in [2.24, 2.45) is 0 Å². The largest absolute Gasteiger partial charge is 0.396 e. The van der Waals surface area contributed by atoms with Gasteiger partial charge in [0, 0.05) is 25.7 Å². The maximum atomic E-state index is 11.4. The lowest BCUT2D eigenvalue weighted by Crippen LogP contribution is -2.50. The van der Waals surface area contributed by atoms with E-state index in [0.717, 1.165) is 32.4 Å². The van der Waals surface area contributed by atoms with Crippen molar-refractivity contribution in [1.82, 2.24) is 10.2 Å². The monoisotopic (exact) mass is 186 g/mol. The molecule has 0 aromatic heterocycles. The number of aliphatic hydroxyl groups excluding tert-OH is 1. The average molecular weight is 186 g/mol. The first-order valence-corrected chi connectivity index (χ1v) is 4.91. The number of rotatable bonds is 4. The van der Waals surface area contributed by atoms with Crippen molar-refractivity contribution in [3.63, 3.8) is 0 Å². The highest BCUT2D eigenvalue weighted by molar-refractivity contribution is 5.75. The summed E-state index contributed by atoms with van der Waals surface area (Å²) >= 11 is 0. The predicted octanol–water partition coefficient (Wildman–Crippen LogP) is 0.563. The Bertz CT molecular complexity index is 173. The van der Waals surface area contributed by atoms with Crippen LogP contribution in [0.3, 0.4) is 0 Å². The van der Waals surface area contributed by atoms with Gasteiger partial charge in [-0.25, -0.2) is 4.79 Å². The zero-order valence-electron chi connectivity index (χ0n) is 8.12. The molecule has 2 N–H and O–H groups in total. The van der Waals surface area contributed by atoms with E-state index in [2.05, 4.69) is 5.32 Å². The van der Waals surface area contributed by atoms with Crippen LogP contribution in [-0.4, -0.2) is 41.8 Å². The van der Waals surface area contributed by atoms with Gasteiger partial charge in [0.2, 0.25) is 0 Å². The average Bonchev–Trinajstić information content (AvgIpc) is 2.15. The van der Waals surface area contributed by atoms with Gasteiger partial charge in [-0.3, -0.25) is 0 Å². The standard InChI is InChI=1S/C9H18N2O2/c1-8(4-2-7-12)11-6-3-5-10-9(11)13/h8,12H,2-7H2,1H3,(H,10,13). The molecule has 1 heterocycles. The second-order valence-electron chi connectivity index (χ2n) is 3.49. The molecule has 2 amide bonds. The van der Waals surface area contributed by atoms with Gasteiger partial charge in [0.1, 0.15) is 0 Å². The van der Waals surface area contributed by atoms with Crippen molar-refractivity contribution in [1.29, 1.82) is 0 Å². The van der Waals surface area contributed by atoms with E-state index in [9.17, 15) is 4.79 Å². The van der Waals surface area contributed by atoms with E-state index in [-0.39, 0.29) is 18.7 Å². The summed E-state index contributed by atoms with van der Waals surface area (Å²) in [6, 6.07) is 0.282. The van der Waals surface area contributed by atoms with E-state index in [1.54, 1.807) is 0 Å². The predicted molar refractivity (Wildman–Crippen MR) is 50.5 cm³/mol. The molecule has 1 unspecified atom stereocenters. The molecule has 0 saturated carbocycles. The molecule has 1 aliphatic heterocycles. The highest BCUT2D eigenvalue weighted by Gasteiger charge is 2.21. The number of aliphatic hydroxyl groups is 1. The van der Waals surface area contributed by atoms with Crippen LogP contribution in [0.4, 0.5) is 4.79 Å². The van der Waals surface area contributed by atoms with Crippen LogP contribution >= 0.6 is 0 Å². The smallest absolute Gasteiger partial charge is 0.317 e. The number of hydrogen-bond donors (Lipinski definition) is 2. The van der Waals surface area contributed by atoms with Crippen LogP contribution in [0.1, 0.15) is 26.2 Å². The lowest BCUT2D eigenvalue weighted by Gasteiger charge is -2.32. The summed E-state index contributed by atoms with van der Waals surface area (Å²) in [5.41, 5.74) is 0. The molecular formula is C9H18N2O2. The molecule has 4 nitrogen and oxygen atoms in total. The van der Waals surface area contributed by atoms with Gasteiger partial charge in [-0.2, -0.15) is 0 Å². The van der Waals surface area contributed by atoms with Crippen LogP contribution in [0.25, 0.3) is 0 Å². The van der Waals surface area contributed by atoms with E-state index >= 15 is 0 Å². The summed E-state index contributed by atoms with van der Waals surface area (Å²) in [7, 11) is 0. The van der Waals surface area contributed by atoms with E-state index < -0.39 is 0 Å². The van der Waals surface area contributed by atoms with Crippen LogP contribution < -0.4 is 5.32 Å². The number of nitrogens with one attached hydrogen (secondary N) is 1. The highest BCUT2D eigenvalue weighted by Crippen LogP contribution is 2.09. The minimum atomic E-state index is 0.0386. The minimum absolute atomic E-state index is 0.0386. The fourth-order valence-electron chi connectivity index (χ4n) is 1.61. The zero-order valence-corrected chi connectivity index (χ0v) is 8.12. The molecule has 1 atom stereocenters. The molecule has 0 bridgehead atoms. The van der Waals surface area contributed by atoms with Crippen LogP contribution in [0.2, 0.25) is 0 Å². The van der Waals surface area contributed by atoms with Crippen molar-refractivity contribution in [2.45, 2.75) is 32.2 Å². The van der Waals surface area contributed by atoms with E-state index in [1.165, 1.54) is 0 Å². The van der Waals surface area contributed by atoms with Gasteiger partial charge < -0.3 is 15.3 Å². The molecule has 13 heavy (non-hydrogen) atoms. The van der Waals surface area contributed by atoms with Crippen LogP contribution in [0, 0.1) is 0 Å². The van der Waals surface area contributed by atoms with E-state index in [0.29, 0.717) is 0 Å². The van der Waals surface area contributed by atoms with Gasteiger partial charge in [-0.1, -0.05) is 0 Å². The third-order valence-electron chi connectivity index (χ3n) is 2.42. The summed E-state index contributed by atoms with van der Waals surface area (Å²) in [6.45, 7) is 3.88. The molecular weight excluding hydrogens is 168 g/mol. The van der Waals surface area contributed by atoms with Gasteiger partial charge in [0.05, 0.1) is 0 Å². The fourth-order valence-corrected chi connectivity index (χ4v) is 1.61. The molecule has 0 radical (unpaired) electrons. The van der Waals surface area contributed by atoms with Crippen molar-refractivity contribution in [3.8, 4) is 0 Å². The van der Waals surface area contributed by atoms with E-state index in [1.807, 2.05) is 11.8 Å². The highest BCUT2D eigenvalue weighted by atomic mass is 16.3. The molecule has 1 aliphatic rings. The maximum absolute atomic E-state index is 11.4. The summed E-state index contributed by atoms with van der Waals surface area (Å²) in [4.78, 5) is 13.2. The lowest BCUT2D eigenvalue weighted by atomic mass is 10.1. The van der Waals surface area contributed by atoms with Gasteiger partial charge in [0.15, 0.2) is 0 Å². The lowest BCUT2D eigenvalue weighted by molar-refractivity contribution is 0.157. The van der Waals surface area contributed by atoms with Crippen molar-refractivity contribution < 1.29 is 9.90 Å². The third-order valence-corrected chi connectivity index (χ3v) is 2.42. The number of carbonyl (C=O) groups excluding carboxylic acids is 1. The second-order valence-corrected chi connectivity index (χ2v) is 3.49. The number of urea groups is 1. The SMILES string of the molecule is CC(CCCO)N1CCCNC1=O. The summed E-state index contributed by atoms with van der Waals surface area (Å²) in [6.07, 6.45) is 2.67. The fraction of sp³-hybridized carbons (Fsp3) is 0.889. The Hall–Kier alpha value is -0.770. The number of hydrogen-bond acceptors (Lipinski definition) is 2. The molecule has 4 heteroatoms. The minimum Gasteiger partial charge on any atom is -0.396 e. The van der Waals surface area contributed by atoms with Crippen molar-refractivity contribution in [2.75, 3.05) is 19.7 Å². The first kappa shape index (κ1) is 10.3. The summed E-state index contributed by atoms with van der Waals surface area (Å²) in [5, 5.41) is 11.5. The summed E-state index contributed by atoms with van der Waals surface area (Å²) < 4.78 is 0. The third kappa shape index (κ3) is 2.88. The Labute approximate surface area is 78.9 Å². The quantitative estimate of drug-likeness (QED) is 0.674. The van der Waals surface area contributed by atoms with Crippen molar-refractivity contribution in [3.05, 3.63) is 0 Å². The topological polar surface area (TPSA) is 52.6 Å². The Morgan fingerprint density at radius 2 is 2.46 bits per heavy atom. The Kier molecular flexibility index (Phi) is 4.02. The molecule has 1 rings (SSSR count). The Morgan fingerprint density at radius 1 is 1.69 bits per heavy atom. The molecule has 0 spiro atoms. The molecule has 0 aromatic carbocycles. The van der Waals surface area contributed by atoms with Crippen molar-refractivity contribution >= 4 is 6.03 Å².